The molecule has 3 fully saturated rings. The van der Waals surface area contributed by atoms with E-state index in [1.807, 2.05) is 11.8 Å². The number of piperidine rings is 2. The summed E-state index contributed by atoms with van der Waals surface area (Å²) in [6.45, 7) is 2.56. The van der Waals surface area contributed by atoms with Gasteiger partial charge in [0.1, 0.15) is 11.5 Å². The Morgan fingerprint density at radius 1 is 1.17 bits per heavy atom. The molecule has 2 aliphatic heterocycles. The summed E-state index contributed by atoms with van der Waals surface area (Å²) in [4.78, 5) is 25.3. The van der Waals surface area contributed by atoms with Crippen molar-refractivity contribution in [1.29, 1.82) is 0 Å². The van der Waals surface area contributed by atoms with Gasteiger partial charge in [0.15, 0.2) is 5.82 Å². The molecule has 2 aromatic heterocycles. The highest BCUT2D eigenvalue weighted by atomic mass is 19.1. The first-order valence-corrected chi connectivity index (χ1v) is 10.1. The largest absolute Gasteiger partial charge is 0.364 e. The predicted molar refractivity (Wildman–Crippen MR) is 108 cm³/mol. The molecule has 1 amide bonds. The first kappa shape index (κ1) is 18.7. The van der Waals surface area contributed by atoms with Crippen LogP contribution >= 0.6 is 0 Å². The second-order valence-corrected chi connectivity index (χ2v) is 7.95. The maximum atomic E-state index is 14.6. The molecule has 9 heteroatoms. The van der Waals surface area contributed by atoms with Crippen LogP contribution in [0.1, 0.15) is 35.3 Å². The minimum atomic E-state index is -0.524. The van der Waals surface area contributed by atoms with Crippen LogP contribution in [0.2, 0.25) is 0 Å². The highest BCUT2D eigenvalue weighted by molar-refractivity contribution is 5.98. The Balaban J connectivity index is 1.44. The van der Waals surface area contributed by atoms with Crippen LogP contribution in [0.25, 0.3) is 5.69 Å². The van der Waals surface area contributed by atoms with Gasteiger partial charge >= 0.3 is 0 Å². The summed E-state index contributed by atoms with van der Waals surface area (Å²) < 4.78 is 14.6. The van der Waals surface area contributed by atoms with Crippen molar-refractivity contribution in [3.63, 3.8) is 0 Å². The van der Waals surface area contributed by atoms with Crippen LogP contribution in [-0.4, -0.2) is 54.4 Å². The van der Waals surface area contributed by atoms with Crippen LogP contribution < -0.4 is 5.32 Å². The number of hydrogen-bond donors (Lipinski definition) is 1. The van der Waals surface area contributed by atoms with Crippen molar-refractivity contribution in [2.75, 3.05) is 11.9 Å². The van der Waals surface area contributed by atoms with Crippen LogP contribution in [-0.2, 0) is 0 Å². The van der Waals surface area contributed by atoms with Crippen molar-refractivity contribution in [1.82, 2.24) is 29.9 Å². The average Bonchev–Trinajstić information content (AvgIpc) is 3.29. The summed E-state index contributed by atoms with van der Waals surface area (Å²) in [5.74, 6) is 0.384. The number of nitrogens with one attached hydrogen (secondary N) is 1. The number of aryl methyl sites for hydroxylation is 1. The fourth-order valence-electron chi connectivity index (χ4n) is 4.62. The van der Waals surface area contributed by atoms with E-state index in [1.165, 1.54) is 23.3 Å². The molecule has 0 spiro atoms. The van der Waals surface area contributed by atoms with Gasteiger partial charge < -0.3 is 10.2 Å². The Kier molecular flexibility index (Phi) is 4.65. The number of halogens is 1. The third kappa shape index (κ3) is 3.30. The second-order valence-electron chi connectivity index (χ2n) is 7.95. The van der Waals surface area contributed by atoms with Crippen molar-refractivity contribution in [2.24, 2.45) is 5.92 Å². The van der Waals surface area contributed by atoms with Gasteiger partial charge in [-0.1, -0.05) is 6.07 Å². The van der Waals surface area contributed by atoms with Crippen molar-refractivity contribution in [2.45, 2.75) is 38.3 Å². The van der Waals surface area contributed by atoms with Crippen LogP contribution in [0.3, 0.4) is 0 Å². The number of carbonyl (C=O) groups is 1. The van der Waals surface area contributed by atoms with Crippen LogP contribution in [0.4, 0.5) is 10.2 Å². The van der Waals surface area contributed by atoms with Crippen molar-refractivity contribution < 1.29 is 9.18 Å². The molecule has 2 bridgehead atoms. The molecule has 4 heterocycles. The fraction of sp³-hybridized carbons (Fsp3) is 0.381. The van der Waals surface area contributed by atoms with Gasteiger partial charge in [0.2, 0.25) is 0 Å². The van der Waals surface area contributed by atoms with Gasteiger partial charge in [0.05, 0.1) is 42.1 Å². The van der Waals surface area contributed by atoms with Gasteiger partial charge in [-0.2, -0.15) is 10.2 Å². The van der Waals surface area contributed by atoms with E-state index < -0.39 is 5.82 Å². The zero-order valence-electron chi connectivity index (χ0n) is 16.6. The van der Waals surface area contributed by atoms with E-state index in [4.69, 9.17) is 0 Å². The fourth-order valence-corrected chi connectivity index (χ4v) is 4.62. The molecule has 2 saturated heterocycles. The lowest BCUT2D eigenvalue weighted by Gasteiger charge is -2.50. The summed E-state index contributed by atoms with van der Waals surface area (Å²) in [7, 11) is 0. The Morgan fingerprint density at radius 2 is 2.00 bits per heavy atom. The summed E-state index contributed by atoms with van der Waals surface area (Å²) >= 11 is 0. The third-order valence-corrected chi connectivity index (χ3v) is 5.99. The minimum Gasteiger partial charge on any atom is -0.364 e. The molecule has 8 nitrogen and oxygen atoms in total. The lowest BCUT2D eigenvalue weighted by molar-refractivity contribution is 0.0281. The predicted octanol–water partition coefficient (Wildman–Crippen LogP) is 2.61. The molecule has 30 heavy (non-hydrogen) atoms. The molecule has 3 atom stereocenters. The van der Waals surface area contributed by atoms with E-state index >= 15 is 0 Å². The van der Waals surface area contributed by atoms with E-state index in [0.717, 1.165) is 25.0 Å². The standard InChI is InChI=1S/C21H22FN7O/c1-13-10-24-19(11-23-13)27-17-9-14-5-6-18(17)28(12-14)21(30)15-3-2-4-16(22)20(15)29-25-7-8-26-29/h2-4,7-8,10-11,14,17-18H,5-6,9,12H2,1H3,(H,24,27). The summed E-state index contributed by atoms with van der Waals surface area (Å²) in [5, 5.41) is 11.5. The van der Waals surface area contributed by atoms with E-state index in [9.17, 15) is 9.18 Å². The Labute approximate surface area is 173 Å². The summed E-state index contributed by atoms with van der Waals surface area (Å²) in [6, 6.07) is 4.60. The quantitative estimate of drug-likeness (QED) is 0.715. The number of carbonyl (C=O) groups excluding carboxylic acids is 1. The molecule has 154 valence electrons. The molecular weight excluding hydrogens is 385 g/mol. The molecule has 0 radical (unpaired) electrons. The van der Waals surface area contributed by atoms with Gasteiger partial charge in [0, 0.05) is 12.6 Å². The Bertz CT molecular complexity index is 1050. The van der Waals surface area contributed by atoms with Crippen molar-refractivity contribution >= 4 is 11.7 Å². The average molecular weight is 407 g/mol. The highest BCUT2D eigenvalue weighted by Crippen LogP contribution is 2.37. The maximum Gasteiger partial charge on any atom is 0.256 e. The van der Waals surface area contributed by atoms with E-state index in [1.54, 1.807) is 24.5 Å². The van der Waals surface area contributed by atoms with Crippen LogP contribution in [0.5, 0.6) is 0 Å². The van der Waals surface area contributed by atoms with Crippen LogP contribution in [0, 0.1) is 18.7 Å². The van der Waals surface area contributed by atoms with E-state index in [2.05, 4.69) is 25.5 Å². The molecule has 1 N–H and O–H groups in total. The number of amides is 1. The number of fused-ring (bicyclic) bond motifs is 3. The number of nitrogens with zero attached hydrogens (tertiary/aromatic N) is 6. The molecule has 1 aliphatic carbocycles. The third-order valence-electron chi connectivity index (χ3n) is 5.99. The Hall–Kier alpha value is -3.36. The van der Waals surface area contributed by atoms with Gasteiger partial charge in [-0.05, 0) is 44.2 Å². The maximum absolute atomic E-state index is 14.6. The van der Waals surface area contributed by atoms with Gasteiger partial charge in [-0.15, -0.1) is 4.80 Å². The zero-order valence-corrected chi connectivity index (χ0v) is 16.6. The first-order valence-electron chi connectivity index (χ1n) is 10.1. The van der Waals surface area contributed by atoms with E-state index in [0.29, 0.717) is 18.3 Å². The van der Waals surface area contributed by atoms with Gasteiger partial charge in [-0.3, -0.25) is 9.78 Å². The number of hydrogen-bond acceptors (Lipinski definition) is 6. The molecular formula is C21H22FN7O. The molecule has 3 aromatic rings. The molecule has 1 saturated carbocycles. The Morgan fingerprint density at radius 3 is 2.73 bits per heavy atom. The topological polar surface area (TPSA) is 88.8 Å². The first-order chi connectivity index (χ1) is 14.6. The van der Waals surface area contributed by atoms with Gasteiger partial charge in [-0.25, -0.2) is 9.37 Å². The monoisotopic (exact) mass is 407 g/mol. The highest BCUT2D eigenvalue weighted by Gasteiger charge is 2.43. The minimum absolute atomic E-state index is 0.00676. The van der Waals surface area contributed by atoms with Crippen LogP contribution in [0.15, 0.2) is 43.0 Å². The lowest BCUT2D eigenvalue weighted by atomic mass is 9.76. The smallest absolute Gasteiger partial charge is 0.256 e. The number of aromatic nitrogens is 5. The summed E-state index contributed by atoms with van der Waals surface area (Å²) in [5.41, 5.74) is 1.21. The molecule has 6 rings (SSSR count). The molecule has 1 aromatic carbocycles. The lowest BCUT2D eigenvalue weighted by Crippen LogP contribution is -2.59. The van der Waals surface area contributed by atoms with Gasteiger partial charge in [0.25, 0.3) is 5.91 Å². The van der Waals surface area contributed by atoms with E-state index in [-0.39, 0.29) is 29.2 Å². The number of anilines is 1. The molecule has 3 unspecified atom stereocenters. The zero-order chi connectivity index (χ0) is 20.7. The SMILES string of the molecule is Cc1cnc(NC2CC3CCC2N(C(=O)c2cccc(F)c2-n2nccn2)C3)cn1. The number of para-hydroxylation sites is 1. The van der Waals surface area contributed by atoms with Crippen molar-refractivity contribution in [3.05, 3.63) is 60.1 Å². The van der Waals surface area contributed by atoms with Crippen molar-refractivity contribution in [3.8, 4) is 5.69 Å². The number of benzene rings is 1. The second kappa shape index (κ2) is 7.47. The number of rotatable bonds is 4. The molecule has 3 aliphatic rings. The normalized spacial score (nSPS) is 22.9. The summed E-state index contributed by atoms with van der Waals surface area (Å²) in [6.07, 6.45) is 9.33.